The highest BCUT2D eigenvalue weighted by atomic mass is 16.1. The number of aromatic nitrogens is 2. The van der Waals surface area contributed by atoms with Gasteiger partial charge in [0.1, 0.15) is 0 Å². The SMILES string of the molecule is C[C@@H](CN)NC(=O)CCn1cnc2ccccc21. The summed E-state index contributed by atoms with van der Waals surface area (Å²) in [5, 5.41) is 2.84. The topological polar surface area (TPSA) is 72.9 Å². The first-order chi connectivity index (χ1) is 8.70. The summed E-state index contributed by atoms with van der Waals surface area (Å²) in [6.45, 7) is 2.98. The minimum atomic E-state index is 0.0192. The molecule has 96 valence electrons. The molecule has 3 N–H and O–H groups in total. The van der Waals surface area contributed by atoms with Gasteiger partial charge in [0.25, 0.3) is 0 Å². The van der Waals surface area contributed by atoms with Crippen molar-refractivity contribution in [1.29, 1.82) is 0 Å². The second-order valence-corrected chi connectivity index (χ2v) is 4.38. The van der Waals surface area contributed by atoms with Crippen molar-refractivity contribution < 1.29 is 4.79 Å². The highest BCUT2D eigenvalue weighted by Gasteiger charge is 2.07. The van der Waals surface area contributed by atoms with Gasteiger partial charge in [-0.1, -0.05) is 12.1 Å². The fraction of sp³-hybridized carbons (Fsp3) is 0.385. The van der Waals surface area contributed by atoms with E-state index in [1.165, 1.54) is 0 Å². The quantitative estimate of drug-likeness (QED) is 0.823. The van der Waals surface area contributed by atoms with Crippen LogP contribution in [0.25, 0.3) is 11.0 Å². The highest BCUT2D eigenvalue weighted by molar-refractivity contribution is 5.77. The van der Waals surface area contributed by atoms with Crippen LogP contribution in [0.3, 0.4) is 0 Å². The molecule has 1 heterocycles. The Morgan fingerprint density at radius 3 is 3.06 bits per heavy atom. The van der Waals surface area contributed by atoms with E-state index >= 15 is 0 Å². The van der Waals surface area contributed by atoms with Gasteiger partial charge in [0.05, 0.1) is 17.4 Å². The van der Waals surface area contributed by atoms with E-state index in [0.717, 1.165) is 11.0 Å². The first-order valence-electron chi connectivity index (χ1n) is 6.10. The molecule has 0 unspecified atom stereocenters. The number of rotatable bonds is 5. The van der Waals surface area contributed by atoms with Gasteiger partial charge in [-0.25, -0.2) is 4.98 Å². The molecule has 1 amide bonds. The monoisotopic (exact) mass is 246 g/mol. The predicted molar refractivity (Wildman–Crippen MR) is 71.0 cm³/mol. The van der Waals surface area contributed by atoms with Gasteiger partial charge in [-0.15, -0.1) is 0 Å². The molecule has 1 aromatic heterocycles. The number of benzene rings is 1. The zero-order chi connectivity index (χ0) is 13.0. The number of nitrogens with zero attached hydrogens (tertiary/aromatic N) is 2. The molecule has 0 saturated heterocycles. The summed E-state index contributed by atoms with van der Waals surface area (Å²) >= 11 is 0. The minimum Gasteiger partial charge on any atom is -0.352 e. The average molecular weight is 246 g/mol. The molecule has 0 bridgehead atoms. The van der Waals surface area contributed by atoms with E-state index < -0.39 is 0 Å². The number of aryl methyl sites for hydroxylation is 1. The van der Waals surface area contributed by atoms with Crippen LogP contribution in [0.15, 0.2) is 30.6 Å². The maximum atomic E-state index is 11.6. The molecule has 1 aromatic carbocycles. The molecular weight excluding hydrogens is 228 g/mol. The predicted octanol–water partition coefficient (Wildman–Crippen LogP) is 0.890. The van der Waals surface area contributed by atoms with Crippen molar-refractivity contribution in [2.45, 2.75) is 25.9 Å². The zero-order valence-corrected chi connectivity index (χ0v) is 10.5. The van der Waals surface area contributed by atoms with Crippen molar-refractivity contribution in [3.8, 4) is 0 Å². The summed E-state index contributed by atoms with van der Waals surface area (Å²) in [6.07, 6.45) is 2.20. The molecule has 18 heavy (non-hydrogen) atoms. The number of fused-ring (bicyclic) bond motifs is 1. The number of nitrogens with one attached hydrogen (secondary N) is 1. The summed E-state index contributed by atoms with van der Waals surface area (Å²) in [5.74, 6) is 0.0192. The fourth-order valence-electron chi connectivity index (χ4n) is 1.82. The van der Waals surface area contributed by atoms with E-state index in [0.29, 0.717) is 19.5 Å². The molecule has 2 aromatic rings. The number of hydrogen-bond acceptors (Lipinski definition) is 3. The Kier molecular flexibility index (Phi) is 3.94. The third-order valence-corrected chi connectivity index (χ3v) is 2.87. The first-order valence-corrected chi connectivity index (χ1v) is 6.10. The van der Waals surface area contributed by atoms with Crippen molar-refractivity contribution in [3.05, 3.63) is 30.6 Å². The van der Waals surface area contributed by atoms with Gasteiger partial charge in [0, 0.05) is 25.6 Å². The summed E-state index contributed by atoms with van der Waals surface area (Å²) in [6, 6.07) is 7.91. The van der Waals surface area contributed by atoms with Gasteiger partial charge in [-0.2, -0.15) is 0 Å². The van der Waals surface area contributed by atoms with Crippen molar-refractivity contribution in [2.75, 3.05) is 6.54 Å². The van der Waals surface area contributed by atoms with Crippen molar-refractivity contribution >= 4 is 16.9 Å². The Labute approximate surface area is 106 Å². The molecule has 5 heteroatoms. The van der Waals surface area contributed by atoms with Gasteiger partial charge in [-0.05, 0) is 19.1 Å². The maximum absolute atomic E-state index is 11.6. The van der Waals surface area contributed by atoms with Gasteiger partial charge >= 0.3 is 0 Å². The Balaban J connectivity index is 1.96. The number of hydrogen-bond donors (Lipinski definition) is 2. The van der Waals surface area contributed by atoms with Crippen LogP contribution >= 0.6 is 0 Å². The van der Waals surface area contributed by atoms with Crippen molar-refractivity contribution in [3.63, 3.8) is 0 Å². The van der Waals surface area contributed by atoms with Crippen LogP contribution in [0.1, 0.15) is 13.3 Å². The van der Waals surface area contributed by atoms with Gasteiger partial charge in [0.2, 0.25) is 5.91 Å². The Bertz CT molecular complexity index is 535. The minimum absolute atomic E-state index is 0.0192. The Morgan fingerprint density at radius 2 is 2.28 bits per heavy atom. The molecule has 2 rings (SSSR count). The average Bonchev–Trinajstić information content (AvgIpc) is 2.79. The van der Waals surface area contributed by atoms with Crippen LogP contribution in [0.2, 0.25) is 0 Å². The van der Waals surface area contributed by atoms with Crippen LogP contribution in [0, 0.1) is 0 Å². The van der Waals surface area contributed by atoms with Gasteiger partial charge < -0.3 is 15.6 Å². The van der Waals surface area contributed by atoms with Gasteiger partial charge in [0.15, 0.2) is 0 Å². The molecule has 5 nitrogen and oxygen atoms in total. The number of carbonyl (C=O) groups is 1. The normalized spacial score (nSPS) is 12.6. The van der Waals surface area contributed by atoms with E-state index in [2.05, 4.69) is 10.3 Å². The second-order valence-electron chi connectivity index (χ2n) is 4.38. The molecule has 0 aliphatic heterocycles. The molecule has 0 spiro atoms. The van der Waals surface area contributed by atoms with E-state index in [4.69, 9.17) is 5.73 Å². The number of nitrogens with two attached hydrogens (primary N) is 1. The molecule has 0 radical (unpaired) electrons. The number of para-hydroxylation sites is 2. The van der Waals surface area contributed by atoms with Crippen LogP contribution < -0.4 is 11.1 Å². The lowest BCUT2D eigenvalue weighted by atomic mass is 10.3. The lowest BCUT2D eigenvalue weighted by Crippen LogP contribution is -2.38. The third kappa shape index (κ3) is 2.87. The van der Waals surface area contributed by atoms with Crippen LogP contribution in [-0.2, 0) is 11.3 Å². The molecule has 0 aliphatic rings. The van der Waals surface area contributed by atoms with Crippen LogP contribution in [0.5, 0.6) is 0 Å². The highest BCUT2D eigenvalue weighted by Crippen LogP contribution is 2.11. The number of carbonyl (C=O) groups excluding carboxylic acids is 1. The van der Waals surface area contributed by atoms with Crippen molar-refractivity contribution in [2.24, 2.45) is 5.73 Å². The Morgan fingerprint density at radius 1 is 1.50 bits per heavy atom. The molecular formula is C13H18N4O. The smallest absolute Gasteiger partial charge is 0.222 e. The lowest BCUT2D eigenvalue weighted by molar-refractivity contribution is -0.121. The van der Waals surface area contributed by atoms with Gasteiger partial charge in [-0.3, -0.25) is 4.79 Å². The summed E-state index contributed by atoms with van der Waals surface area (Å²) in [4.78, 5) is 15.9. The van der Waals surface area contributed by atoms with Crippen LogP contribution in [-0.4, -0.2) is 28.0 Å². The van der Waals surface area contributed by atoms with Crippen LogP contribution in [0.4, 0.5) is 0 Å². The van der Waals surface area contributed by atoms with E-state index in [1.807, 2.05) is 35.8 Å². The summed E-state index contributed by atoms with van der Waals surface area (Å²) in [7, 11) is 0. The number of imidazole rings is 1. The van der Waals surface area contributed by atoms with E-state index in [-0.39, 0.29) is 11.9 Å². The Hall–Kier alpha value is -1.88. The zero-order valence-electron chi connectivity index (χ0n) is 10.5. The molecule has 0 saturated carbocycles. The summed E-state index contributed by atoms with van der Waals surface area (Å²) < 4.78 is 1.99. The van der Waals surface area contributed by atoms with Crippen molar-refractivity contribution in [1.82, 2.24) is 14.9 Å². The lowest BCUT2D eigenvalue weighted by Gasteiger charge is -2.11. The molecule has 0 aliphatic carbocycles. The fourth-order valence-corrected chi connectivity index (χ4v) is 1.82. The van der Waals surface area contributed by atoms with E-state index in [9.17, 15) is 4.79 Å². The standard InChI is InChI=1S/C13H18N4O/c1-10(8-14)16-13(18)6-7-17-9-15-11-4-2-3-5-12(11)17/h2-5,9-10H,6-8,14H2,1H3,(H,16,18)/t10-/m0/s1. The molecule has 1 atom stereocenters. The van der Waals surface area contributed by atoms with E-state index in [1.54, 1.807) is 6.33 Å². The summed E-state index contributed by atoms with van der Waals surface area (Å²) in [5.41, 5.74) is 7.46. The first kappa shape index (κ1) is 12.6. The largest absolute Gasteiger partial charge is 0.352 e. The maximum Gasteiger partial charge on any atom is 0.222 e. The number of amides is 1. The third-order valence-electron chi connectivity index (χ3n) is 2.87. The molecule has 0 fully saturated rings. The second kappa shape index (κ2) is 5.64.